The van der Waals surface area contributed by atoms with Crippen LogP contribution in [-0.4, -0.2) is 18.6 Å². The van der Waals surface area contributed by atoms with Gasteiger partial charge in [0.2, 0.25) is 0 Å². The van der Waals surface area contributed by atoms with E-state index in [1.54, 1.807) is 0 Å². The average molecular weight is 309 g/mol. The van der Waals surface area contributed by atoms with Crippen molar-refractivity contribution < 1.29 is 0 Å². The number of hydrogen-bond acceptors (Lipinski definition) is 1. The molecule has 2 nitrogen and oxygen atoms in total. The number of fused-ring (bicyclic) bond motifs is 1. The van der Waals surface area contributed by atoms with E-state index >= 15 is 0 Å². The van der Waals surface area contributed by atoms with Gasteiger partial charge >= 0.3 is 0 Å². The van der Waals surface area contributed by atoms with E-state index in [1.165, 1.54) is 26.6 Å². The van der Waals surface area contributed by atoms with Crippen molar-refractivity contribution >= 4 is 26.8 Å². The molecule has 0 unspecified atom stereocenters. The maximum Gasteiger partial charge on any atom is 0.0468 e. The molecular weight excluding hydrogens is 288 g/mol. The highest BCUT2D eigenvalue weighted by atomic mass is 79.9. The molecule has 2 aromatic rings. The molecule has 2 N–H and O–H groups in total. The van der Waals surface area contributed by atoms with Gasteiger partial charge in [-0.25, -0.2) is 0 Å². The number of rotatable bonds is 3. The van der Waals surface area contributed by atoms with Crippen molar-refractivity contribution in [1.29, 1.82) is 0 Å². The van der Waals surface area contributed by atoms with Gasteiger partial charge in [0.25, 0.3) is 0 Å². The second-order valence-corrected chi connectivity index (χ2v) is 6.57. The highest BCUT2D eigenvalue weighted by Gasteiger charge is 2.16. The lowest BCUT2D eigenvalue weighted by Gasteiger charge is -2.18. The van der Waals surface area contributed by atoms with Crippen LogP contribution in [0.3, 0.4) is 0 Å². The molecule has 98 valence electrons. The molecule has 1 aromatic heterocycles. The zero-order chi connectivity index (χ0) is 13.3. The van der Waals surface area contributed by atoms with Gasteiger partial charge in [0, 0.05) is 34.0 Å². The summed E-state index contributed by atoms with van der Waals surface area (Å²) < 4.78 is 1.21. The lowest BCUT2D eigenvalue weighted by Crippen LogP contribution is -2.10. The van der Waals surface area contributed by atoms with Gasteiger partial charge in [0.1, 0.15) is 0 Å². The summed E-state index contributed by atoms with van der Waals surface area (Å²) in [7, 11) is 1.98. The highest BCUT2D eigenvalue weighted by Crippen LogP contribution is 2.32. The fraction of sp³-hybridized carbons (Fsp3) is 0.467. The van der Waals surface area contributed by atoms with Crippen molar-refractivity contribution in [3.05, 3.63) is 33.9 Å². The van der Waals surface area contributed by atoms with E-state index in [9.17, 15) is 0 Å². The Labute approximate surface area is 117 Å². The highest BCUT2D eigenvalue weighted by molar-refractivity contribution is 9.10. The number of halogens is 1. The molecule has 0 aliphatic heterocycles. The van der Waals surface area contributed by atoms with Crippen LogP contribution < -0.4 is 5.32 Å². The third-order valence-corrected chi connectivity index (χ3v) is 4.20. The fourth-order valence-electron chi connectivity index (χ4n) is 2.10. The first-order chi connectivity index (χ1) is 8.43. The van der Waals surface area contributed by atoms with Crippen LogP contribution in [-0.2, 0) is 11.8 Å². The Kier molecular flexibility index (Phi) is 3.83. The third-order valence-electron chi connectivity index (χ3n) is 3.30. The van der Waals surface area contributed by atoms with Crippen LogP contribution in [0.25, 0.3) is 10.9 Å². The zero-order valence-corrected chi connectivity index (χ0v) is 13.1. The molecule has 0 aliphatic carbocycles. The third kappa shape index (κ3) is 2.62. The van der Waals surface area contributed by atoms with Gasteiger partial charge < -0.3 is 10.3 Å². The summed E-state index contributed by atoms with van der Waals surface area (Å²) in [5, 5.41) is 4.47. The molecule has 0 radical (unpaired) electrons. The molecule has 2 rings (SSSR count). The summed E-state index contributed by atoms with van der Waals surface area (Å²) in [4.78, 5) is 3.49. The molecule has 0 amide bonds. The largest absolute Gasteiger partial charge is 0.357 e. The molecule has 1 heterocycles. The molecule has 0 saturated heterocycles. The molecule has 1 aromatic carbocycles. The van der Waals surface area contributed by atoms with Crippen LogP contribution in [0.5, 0.6) is 0 Å². The van der Waals surface area contributed by atoms with Crippen molar-refractivity contribution in [1.82, 2.24) is 10.3 Å². The normalized spacial score (nSPS) is 12.3. The van der Waals surface area contributed by atoms with E-state index in [-0.39, 0.29) is 5.41 Å². The first-order valence-corrected chi connectivity index (χ1v) is 7.18. The first kappa shape index (κ1) is 13.6. The Bertz CT molecular complexity index is 549. The quantitative estimate of drug-likeness (QED) is 0.881. The molecule has 0 atom stereocenters. The van der Waals surface area contributed by atoms with Gasteiger partial charge in [0.05, 0.1) is 0 Å². The van der Waals surface area contributed by atoms with E-state index in [4.69, 9.17) is 0 Å². The number of benzene rings is 1. The standard InChI is InChI=1S/C15H21BrN2/c1-15(2,3)10-5-6-12-11(9-10)14(16)13(18-12)7-8-17-4/h5-6,9,17-18H,7-8H2,1-4H3. The number of aromatic nitrogens is 1. The fourth-order valence-corrected chi connectivity index (χ4v) is 2.73. The summed E-state index contributed by atoms with van der Waals surface area (Å²) in [6, 6.07) is 6.69. The molecule has 18 heavy (non-hydrogen) atoms. The van der Waals surface area contributed by atoms with E-state index in [1.807, 2.05) is 7.05 Å². The summed E-state index contributed by atoms with van der Waals surface area (Å²) in [6.45, 7) is 7.72. The molecule has 0 aliphatic rings. The maximum absolute atomic E-state index is 3.72. The van der Waals surface area contributed by atoms with E-state index in [2.05, 4.69) is 65.2 Å². The van der Waals surface area contributed by atoms with E-state index in [0.717, 1.165) is 13.0 Å². The Hall–Kier alpha value is -0.800. The Morgan fingerprint density at radius 3 is 2.61 bits per heavy atom. The van der Waals surface area contributed by atoms with Gasteiger partial charge in [-0.2, -0.15) is 0 Å². The first-order valence-electron chi connectivity index (χ1n) is 6.38. The number of nitrogens with one attached hydrogen (secondary N) is 2. The SMILES string of the molecule is CNCCc1[nH]c2ccc(C(C)(C)C)cc2c1Br. The van der Waals surface area contributed by atoms with Crippen molar-refractivity contribution in [2.24, 2.45) is 0 Å². The molecule has 0 fully saturated rings. The van der Waals surface area contributed by atoms with E-state index in [0.29, 0.717) is 0 Å². The molecule has 0 saturated carbocycles. The number of H-pyrrole nitrogens is 1. The number of aromatic amines is 1. The van der Waals surface area contributed by atoms with Crippen LogP contribution in [0.2, 0.25) is 0 Å². The molecule has 0 bridgehead atoms. The summed E-state index contributed by atoms with van der Waals surface area (Å²) in [6.07, 6.45) is 1.01. The number of hydrogen-bond donors (Lipinski definition) is 2. The van der Waals surface area contributed by atoms with Gasteiger partial charge in [-0.15, -0.1) is 0 Å². The van der Waals surface area contributed by atoms with Gasteiger partial charge in [-0.05, 0) is 46.1 Å². The maximum atomic E-state index is 3.72. The Balaban J connectivity index is 2.47. The van der Waals surface area contributed by atoms with Crippen molar-refractivity contribution in [2.75, 3.05) is 13.6 Å². The summed E-state index contributed by atoms with van der Waals surface area (Å²) in [5.41, 5.74) is 4.04. The minimum atomic E-state index is 0.191. The van der Waals surface area contributed by atoms with Crippen molar-refractivity contribution in [2.45, 2.75) is 32.6 Å². The molecule has 0 spiro atoms. The molecule has 3 heteroatoms. The molecular formula is C15H21BrN2. The van der Waals surface area contributed by atoms with Crippen LogP contribution >= 0.6 is 15.9 Å². The summed E-state index contributed by atoms with van der Waals surface area (Å²) in [5.74, 6) is 0. The van der Waals surface area contributed by atoms with Crippen LogP contribution in [0.1, 0.15) is 32.0 Å². The lowest BCUT2D eigenvalue weighted by atomic mass is 9.86. The predicted octanol–water partition coefficient (Wildman–Crippen LogP) is 3.99. The summed E-state index contributed by atoms with van der Waals surface area (Å²) >= 11 is 3.72. The topological polar surface area (TPSA) is 27.8 Å². The van der Waals surface area contributed by atoms with Crippen LogP contribution in [0.4, 0.5) is 0 Å². The van der Waals surface area contributed by atoms with Gasteiger partial charge in [0.15, 0.2) is 0 Å². The average Bonchev–Trinajstić information content (AvgIpc) is 2.62. The van der Waals surface area contributed by atoms with Crippen LogP contribution in [0.15, 0.2) is 22.7 Å². The minimum absolute atomic E-state index is 0.191. The second kappa shape index (κ2) is 5.06. The number of likely N-dealkylation sites (N-methyl/N-ethyl adjacent to an activating group) is 1. The predicted molar refractivity (Wildman–Crippen MR) is 82.3 cm³/mol. The minimum Gasteiger partial charge on any atom is -0.357 e. The van der Waals surface area contributed by atoms with Gasteiger partial charge in [-0.3, -0.25) is 0 Å². The smallest absolute Gasteiger partial charge is 0.0468 e. The monoisotopic (exact) mass is 308 g/mol. The Morgan fingerprint density at radius 2 is 2.00 bits per heavy atom. The van der Waals surface area contributed by atoms with E-state index < -0.39 is 0 Å². The van der Waals surface area contributed by atoms with Crippen molar-refractivity contribution in [3.8, 4) is 0 Å². The lowest BCUT2D eigenvalue weighted by molar-refractivity contribution is 0.591. The van der Waals surface area contributed by atoms with Crippen LogP contribution in [0, 0.1) is 0 Å². The van der Waals surface area contributed by atoms with Gasteiger partial charge in [-0.1, -0.05) is 26.8 Å². The van der Waals surface area contributed by atoms with Crippen molar-refractivity contribution in [3.63, 3.8) is 0 Å². The Morgan fingerprint density at radius 1 is 1.28 bits per heavy atom. The zero-order valence-electron chi connectivity index (χ0n) is 11.5. The second-order valence-electron chi connectivity index (χ2n) is 5.78.